The molecule has 3 N–H and O–H groups in total. The van der Waals surface area contributed by atoms with Gasteiger partial charge in [-0.25, -0.2) is 0 Å². The maximum absolute atomic E-state index is 6.09. The Labute approximate surface area is 96.1 Å². The topological polar surface area (TPSA) is 38.0 Å². The summed E-state index contributed by atoms with van der Waals surface area (Å²) in [5, 5.41) is 4.11. The number of hydrogen-bond acceptors (Lipinski definition) is 2. The Morgan fingerprint density at radius 2 is 2.20 bits per heavy atom. The van der Waals surface area contributed by atoms with E-state index in [-0.39, 0.29) is 6.04 Å². The highest BCUT2D eigenvalue weighted by atomic mass is 35.5. The summed E-state index contributed by atoms with van der Waals surface area (Å²) in [6.45, 7) is 5.09. The van der Waals surface area contributed by atoms with Crippen molar-refractivity contribution in [1.82, 2.24) is 5.32 Å². The molecular formula is C12H17ClN2. The molecule has 1 unspecified atom stereocenters. The van der Waals surface area contributed by atoms with Crippen LogP contribution in [0.15, 0.2) is 36.9 Å². The largest absolute Gasteiger partial charge is 0.329 e. The Kier molecular flexibility index (Phi) is 5.40. The van der Waals surface area contributed by atoms with E-state index >= 15 is 0 Å². The van der Waals surface area contributed by atoms with Crippen molar-refractivity contribution < 1.29 is 0 Å². The van der Waals surface area contributed by atoms with Crippen LogP contribution < -0.4 is 11.1 Å². The Balaban J connectivity index is 2.65. The Morgan fingerprint density at radius 3 is 2.80 bits per heavy atom. The first-order chi connectivity index (χ1) is 7.29. The van der Waals surface area contributed by atoms with Gasteiger partial charge in [0.25, 0.3) is 0 Å². The first kappa shape index (κ1) is 12.2. The minimum atomic E-state index is 0.124. The molecule has 1 aromatic rings. The summed E-state index contributed by atoms with van der Waals surface area (Å²) >= 11 is 6.09. The van der Waals surface area contributed by atoms with Gasteiger partial charge >= 0.3 is 0 Å². The van der Waals surface area contributed by atoms with E-state index in [9.17, 15) is 0 Å². The van der Waals surface area contributed by atoms with E-state index in [2.05, 4.69) is 11.9 Å². The zero-order chi connectivity index (χ0) is 11.1. The van der Waals surface area contributed by atoms with Gasteiger partial charge in [0, 0.05) is 17.6 Å². The standard InChI is InChI=1S/C12H17ClN2/c1-2-3-8-15-12(9-14)10-6-4-5-7-11(10)13/h2,4-7,12,15H,1,3,8-9,14H2. The van der Waals surface area contributed by atoms with Gasteiger partial charge in [-0.15, -0.1) is 6.58 Å². The van der Waals surface area contributed by atoms with E-state index in [1.165, 1.54) is 0 Å². The summed E-state index contributed by atoms with van der Waals surface area (Å²) in [5.41, 5.74) is 6.77. The van der Waals surface area contributed by atoms with Gasteiger partial charge in [0.05, 0.1) is 0 Å². The van der Waals surface area contributed by atoms with Crippen molar-refractivity contribution in [3.05, 3.63) is 47.5 Å². The van der Waals surface area contributed by atoms with Crippen molar-refractivity contribution in [3.63, 3.8) is 0 Å². The van der Waals surface area contributed by atoms with Crippen LogP contribution in [0.1, 0.15) is 18.0 Å². The first-order valence-corrected chi connectivity index (χ1v) is 5.46. The van der Waals surface area contributed by atoms with E-state index < -0.39 is 0 Å². The maximum atomic E-state index is 6.09. The molecule has 1 rings (SSSR count). The Hall–Kier alpha value is -0.830. The molecule has 15 heavy (non-hydrogen) atoms. The molecule has 82 valence electrons. The lowest BCUT2D eigenvalue weighted by Gasteiger charge is -2.17. The molecule has 0 aliphatic carbocycles. The van der Waals surface area contributed by atoms with E-state index in [4.69, 9.17) is 17.3 Å². The van der Waals surface area contributed by atoms with Crippen molar-refractivity contribution in [2.24, 2.45) is 5.73 Å². The van der Waals surface area contributed by atoms with E-state index in [1.807, 2.05) is 30.3 Å². The molecule has 3 heteroatoms. The highest BCUT2D eigenvalue weighted by Gasteiger charge is 2.10. The lowest BCUT2D eigenvalue weighted by molar-refractivity contribution is 0.548. The Bertz CT molecular complexity index is 312. The summed E-state index contributed by atoms with van der Waals surface area (Å²) in [5.74, 6) is 0. The van der Waals surface area contributed by atoms with Crippen LogP contribution in [-0.4, -0.2) is 13.1 Å². The molecular weight excluding hydrogens is 208 g/mol. The van der Waals surface area contributed by atoms with Crippen LogP contribution in [0.4, 0.5) is 0 Å². The summed E-state index contributed by atoms with van der Waals surface area (Å²) in [4.78, 5) is 0. The Morgan fingerprint density at radius 1 is 1.47 bits per heavy atom. The highest BCUT2D eigenvalue weighted by Crippen LogP contribution is 2.21. The monoisotopic (exact) mass is 224 g/mol. The van der Waals surface area contributed by atoms with Crippen LogP contribution >= 0.6 is 11.6 Å². The molecule has 0 heterocycles. The average Bonchev–Trinajstić information content (AvgIpc) is 2.26. The third-order valence-corrected chi connectivity index (χ3v) is 2.60. The number of nitrogens with two attached hydrogens (primary N) is 1. The van der Waals surface area contributed by atoms with Gasteiger partial charge in [-0.1, -0.05) is 35.9 Å². The van der Waals surface area contributed by atoms with Crippen LogP contribution in [0.2, 0.25) is 5.02 Å². The van der Waals surface area contributed by atoms with Gasteiger partial charge in [0.1, 0.15) is 0 Å². The molecule has 0 aromatic heterocycles. The van der Waals surface area contributed by atoms with E-state index in [0.29, 0.717) is 6.54 Å². The minimum Gasteiger partial charge on any atom is -0.329 e. The second-order valence-electron chi connectivity index (χ2n) is 3.34. The minimum absolute atomic E-state index is 0.124. The molecule has 0 aliphatic heterocycles. The summed E-state index contributed by atoms with van der Waals surface area (Å²) in [6, 6.07) is 7.90. The fraction of sp³-hybridized carbons (Fsp3) is 0.333. The number of hydrogen-bond donors (Lipinski definition) is 2. The van der Waals surface area contributed by atoms with Crippen molar-refractivity contribution in [3.8, 4) is 0 Å². The first-order valence-electron chi connectivity index (χ1n) is 5.08. The van der Waals surface area contributed by atoms with Crippen molar-refractivity contribution >= 4 is 11.6 Å². The molecule has 0 saturated heterocycles. The zero-order valence-corrected chi connectivity index (χ0v) is 9.50. The molecule has 1 atom stereocenters. The fourth-order valence-corrected chi connectivity index (χ4v) is 1.71. The number of halogens is 1. The van der Waals surface area contributed by atoms with Gasteiger partial charge in [-0.2, -0.15) is 0 Å². The second-order valence-corrected chi connectivity index (χ2v) is 3.75. The van der Waals surface area contributed by atoms with Crippen LogP contribution in [0, 0.1) is 0 Å². The van der Waals surface area contributed by atoms with Crippen LogP contribution in [-0.2, 0) is 0 Å². The SMILES string of the molecule is C=CCCNC(CN)c1ccccc1Cl. The summed E-state index contributed by atoms with van der Waals surface area (Å²) in [7, 11) is 0. The highest BCUT2D eigenvalue weighted by molar-refractivity contribution is 6.31. The quantitative estimate of drug-likeness (QED) is 0.576. The van der Waals surface area contributed by atoms with Crippen LogP contribution in [0.5, 0.6) is 0 Å². The van der Waals surface area contributed by atoms with Crippen molar-refractivity contribution in [2.45, 2.75) is 12.5 Å². The van der Waals surface area contributed by atoms with Crippen molar-refractivity contribution in [2.75, 3.05) is 13.1 Å². The van der Waals surface area contributed by atoms with Gasteiger partial charge in [-0.05, 0) is 24.6 Å². The number of benzene rings is 1. The molecule has 0 aliphatic rings. The van der Waals surface area contributed by atoms with Gasteiger partial charge in [0.2, 0.25) is 0 Å². The number of nitrogens with one attached hydrogen (secondary N) is 1. The van der Waals surface area contributed by atoms with Crippen LogP contribution in [0.3, 0.4) is 0 Å². The lowest BCUT2D eigenvalue weighted by atomic mass is 10.1. The predicted molar refractivity (Wildman–Crippen MR) is 66.1 cm³/mol. The smallest absolute Gasteiger partial charge is 0.0459 e. The summed E-state index contributed by atoms with van der Waals surface area (Å²) < 4.78 is 0. The zero-order valence-electron chi connectivity index (χ0n) is 8.75. The van der Waals surface area contributed by atoms with Gasteiger partial charge in [0.15, 0.2) is 0 Å². The molecule has 0 fully saturated rings. The van der Waals surface area contributed by atoms with Gasteiger partial charge in [-0.3, -0.25) is 0 Å². The molecule has 0 bridgehead atoms. The maximum Gasteiger partial charge on any atom is 0.0459 e. The molecule has 2 nitrogen and oxygen atoms in total. The van der Waals surface area contributed by atoms with E-state index in [1.54, 1.807) is 0 Å². The molecule has 0 spiro atoms. The molecule has 0 saturated carbocycles. The molecule has 1 aromatic carbocycles. The third-order valence-electron chi connectivity index (χ3n) is 2.26. The third kappa shape index (κ3) is 3.67. The van der Waals surface area contributed by atoms with Crippen molar-refractivity contribution in [1.29, 1.82) is 0 Å². The van der Waals surface area contributed by atoms with Gasteiger partial charge < -0.3 is 11.1 Å². The van der Waals surface area contributed by atoms with E-state index in [0.717, 1.165) is 23.6 Å². The average molecular weight is 225 g/mol. The fourth-order valence-electron chi connectivity index (χ4n) is 1.44. The molecule has 0 amide bonds. The lowest BCUT2D eigenvalue weighted by Crippen LogP contribution is -2.29. The normalized spacial score (nSPS) is 12.4. The second kappa shape index (κ2) is 6.62. The molecule has 0 radical (unpaired) electrons. The van der Waals surface area contributed by atoms with Crippen LogP contribution in [0.25, 0.3) is 0 Å². The number of rotatable bonds is 6. The summed E-state index contributed by atoms with van der Waals surface area (Å²) in [6.07, 6.45) is 2.81. The predicted octanol–water partition coefficient (Wildman–Crippen LogP) is 2.51.